The smallest absolute Gasteiger partial charge is 0.121 e. The van der Waals surface area contributed by atoms with E-state index in [1.165, 1.54) is 82.6 Å². The van der Waals surface area contributed by atoms with Gasteiger partial charge in [0, 0.05) is 0 Å². The Balaban J connectivity index is 0.00000277. The van der Waals surface area contributed by atoms with Crippen LogP contribution in [0.4, 0.5) is 0 Å². The molecule has 1 N–H and O–H groups in total. The van der Waals surface area contributed by atoms with Crippen molar-refractivity contribution in [1.82, 2.24) is 0 Å². The third-order valence-corrected chi connectivity index (χ3v) is 5.09. The number of benzene rings is 1. The summed E-state index contributed by atoms with van der Waals surface area (Å²) < 4.78 is 0. The zero-order chi connectivity index (χ0) is 18.9. The highest BCUT2D eigenvalue weighted by molar-refractivity contribution is 5.44. The number of hydrogen-bond acceptors (Lipinski definition) is 1. The molecule has 0 radical (unpaired) electrons. The van der Waals surface area contributed by atoms with Crippen LogP contribution in [0.5, 0.6) is 5.75 Å². The molecule has 0 aliphatic heterocycles. The fraction of sp³-hybridized carbons (Fsp3) is 0.750. The molecule has 1 heteroatoms. The van der Waals surface area contributed by atoms with E-state index in [9.17, 15) is 5.11 Å². The lowest BCUT2D eigenvalue weighted by Crippen LogP contribution is -1.91. The summed E-state index contributed by atoms with van der Waals surface area (Å²) in [4.78, 5) is 0. The van der Waals surface area contributed by atoms with Gasteiger partial charge in [-0.2, -0.15) is 0 Å². The molecule has 25 heavy (non-hydrogen) atoms. The molecule has 1 aromatic rings. The van der Waals surface area contributed by atoms with Crippen LogP contribution in [0.1, 0.15) is 115 Å². The van der Waals surface area contributed by atoms with Crippen LogP contribution >= 0.6 is 0 Å². The third kappa shape index (κ3) is 11.3. The van der Waals surface area contributed by atoms with Gasteiger partial charge in [-0.3, -0.25) is 0 Å². The highest BCUT2D eigenvalue weighted by Crippen LogP contribution is 2.26. The van der Waals surface area contributed by atoms with Gasteiger partial charge in [0.1, 0.15) is 5.75 Å². The second-order valence-corrected chi connectivity index (χ2v) is 7.15. The van der Waals surface area contributed by atoms with Crippen molar-refractivity contribution in [2.24, 2.45) is 0 Å². The number of phenolic OH excluding ortho intramolecular Hbond substituents is 1. The van der Waals surface area contributed by atoms with E-state index in [0.29, 0.717) is 5.75 Å². The van der Waals surface area contributed by atoms with Crippen LogP contribution in [0.25, 0.3) is 0 Å². The Bertz CT molecular complexity index is 422. The fourth-order valence-electron chi connectivity index (χ4n) is 3.22. The van der Waals surface area contributed by atoms with Crippen molar-refractivity contribution < 1.29 is 5.11 Å². The Hall–Kier alpha value is -0.980. The molecule has 0 saturated heterocycles. The highest BCUT2D eigenvalue weighted by atomic mass is 16.3. The minimum Gasteiger partial charge on any atom is -0.507 e. The molecular formula is C24H44O. The lowest BCUT2D eigenvalue weighted by atomic mass is 9.99. The van der Waals surface area contributed by atoms with Gasteiger partial charge in [0.25, 0.3) is 0 Å². The summed E-state index contributed by atoms with van der Waals surface area (Å²) in [6.07, 6.45) is 17.6. The average Bonchev–Trinajstić information content (AvgIpc) is 2.64. The summed E-state index contributed by atoms with van der Waals surface area (Å²) in [6, 6.07) is 4.22. The maximum Gasteiger partial charge on any atom is 0.121 e. The monoisotopic (exact) mass is 348 g/mol. The van der Waals surface area contributed by atoms with Crippen LogP contribution in [-0.4, -0.2) is 5.11 Å². The lowest BCUT2D eigenvalue weighted by Gasteiger charge is -2.09. The number of hydrogen-bond donors (Lipinski definition) is 1. The SMILES string of the molecule is CC.CCCCCCCCCCCCCCc1ccc(C)c(C)c1O. The standard InChI is InChI=1S/C22H38O.C2H6/c1-4-5-6-7-8-9-10-11-12-13-14-15-16-21-18-17-19(2)20(3)22(21)23;1-2/h17-18,23H,4-16H2,1-3H3;1-2H3. The summed E-state index contributed by atoms with van der Waals surface area (Å²) in [5.74, 6) is 0.521. The molecule has 0 unspecified atom stereocenters. The predicted octanol–water partition coefficient (Wildman–Crippen LogP) is 8.28. The molecule has 0 aromatic heterocycles. The topological polar surface area (TPSA) is 20.2 Å². The van der Waals surface area contributed by atoms with Gasteiger partial charge in [0.05, 0.1) is 0 Å². The molecule has 1 nitrogen and oxygen atoms in total. The minimum atomic E-state index is 0.521. The van der Waals surface area contributed by atoms with Crippen LogP contribution in [-0.2, 0) is 6.42 Å². The summed E-state index contributed by atoms with van der Waals surface area (Å²) in [5, 5.41) is 10.2. The Morgan fingerprint density at radius 2 is 1.12 bits per heavy atom. The number of aryl methyl sites for hydroxylation is 2. The predicted molar refractivity (Wildman–Crippen MR) is 114 cm³/mol. The van der Waals surface area contributed by atoms with Crippen LogP contribution in [0.2, 0.25) is 0 Å². The maximum absolute atomic E-state index is 10.2. The first-order valence-corrected chi connectivity index (χ1v) is 10.9. The molecule has 146 valence electrons. The molecule has 0 saturated carbocycles. The number of unbranched alkanes of at least 4 members (excludes halogenated alkanes) is 11. The van der Waals surface area contributed by atoms with Crippen LogP contribution in [0.3, 0.4) is 0 Å². The van der Waals surface area contributed by atoms with Gasteiger partial charge >= 0.3 is 0 Å². The van der Waals surface area contributed by atoms with Gasteiger partial charge in [-0.25, -0.2) is 0 Å². The molecule has 0 bridgehead atoms. The van der Waals surface area contributed by atoms with Gasteiger partial charge in [-0.1, -0.05) is 104 Å². The average molecular weight is 349 g/mol. The van der Waals surface area contributed by atoms with Crippen molar-refractivity contribution in [1.29, 1.82) is 0 Å². The third-order valence-electron chi connectivity index (χ3n) is 5.09. The van der Waals surface area contributed by atoms with E-state index in [2.05, 4.69) is 26.0 Å². The van der Waals surface area contributed by atoms with Crippen molar-refractivity contribution in [3.05, 3.63) is 28.8 Å². The van der Waals surface area contributed by atoms with Crippen LogP contribution in [0, 0.1) is 13.8 Å². The van der Waals surface area contributed by atoms with E-state index in [0.717, 1.165) is 17.5 Å². The highest BCUT2D eigenvalue weighted by Gasteiger charge is 2.06. The van der Waals surface area contributed by atoms with Crippen molar-refractivity contribution in [3.63, 3.8) is 0 Å². The summed E-state index contributed by atoms with van der Waals surface area (Å²) >= 11 is 0. The first-order valence-electron chi connectivity index (χ1n) is 10.9. The number of phenols is 1. The van der Waals surface area contributed by atoms with Gasteiger partial charge in [-0.05, 0) is 43.4 Å². The second kappa shape index (κ2) is 16.5. The van der Waals surface area contributed by atoms with Crippen molar-refractivity contribution in [3.8, 4) is 5.75 Å². The zero-order valence-electron chi connectivity index (χ0n) is 17.8. The molecule has 1 aromatic carbocycles. The lowest BCUT2D eigenvalue weighted by molar-refractivity contribution is 0.461. The van der Waals surface area contributed by atoms with E-state index in [4.69, 9.17) is 0 Å². The molecule has 0 atom stereocenters. The van der Waals surface area contributed by atoms with E-state index < -0.39 is 0 Å². The summed E-state index contributed by atoms with van der Waals surface area (Å²) in [7, 11) is 0. The molecule has 0 aliphatic carbocycles. The van der Waals surface area contributed by atoms with Gasteiger partial charge in [-0.15, -0.1) is 0 Å². The molecule has 0 fully saturated rings. The number of rotatable bonds is 13. The Morgan fingerprint density at radius 1 is 0.680 bits per heavy atom. The maximum atomic E-state index is 10.2. The largest absolute Gasteiger partial charge is 0.507 e. The Kier molecular flexibility index (Phi) is 15.8. The molecule has 0 aliphatic rings. The fourth-order valence-corrected chi connectivity index (χ4v) is 3.22. The molecule has 0 spiro atoms. The van der Waals surface area contributed by atoms with Gasteiger partial charge < -0.3 is 5.11 Å². The van der Waals surface area contributed by atoms with Crippen LogP contribution in [0.15, 0.2) is 12.1 Å². The van der Waals surface area contributed by atoms with Crippen molar-refractivity contribution >= 4 is 0 Å². The van der Waals surface area contributed by atoms with E-state index >= 15 is 0 Å². The van der Waals surface area contributed by atoms with Gasteiger partial charge in [0.2, 0.25) is 0 Å². The van der Waals surface area contributed by atoms with E-state index in [1.54, 1.807) is 0 Å². The van der Waals surface area contributed by atoms with Crippen molar-refractivity contribution in [2.45, 2.75) is 118 Å². The van der Waals surface area contributed by atoms with Gasteiger partial charge in [0.15, 0.2) is 0 Å². The minimum absolute atomic E-state index is 0.521. The van der Waals surface area contributed by atoms with Crippen LogP contribution < -0.4 is 0 Å². The quantitative estimate of drug-likeness (QED) is 0.355. The molecule has 1 rings (SSSR count). The molecule has 0 heterocycles. The van der Waals surface area contributed by atoms with Crippen molar-refractivity contribution in [2.75, 3.05) is 0 Å². The zero-order valence-corrected chi connectivity index (χ0v) is 17.8. The first-order chi connectivity index (χ1) is 12.2. The molecule has 0 amide bonds. The Morgan fingerprint density at radius 3 is 1.60 bits per heavy atom. The first kappa shape index (κ1) is 24.0. The second-order valence-electron chi connectivity index (χ2n) is 7.15. The number of aromatic hydroxyl groups is 1. The Labute approximate surface area is 158 Å². The molecular weight excluding hydrogens is 304 g/mol. The van der Waals surface area contributed by atoms with E-state index in [-0.39, 0.29) is 0 Å². The summed E-state index contributed by atoms with van der Waals surface area (Å²) in [5.41, 5.74) is 3.35. The normalized spacial score (nSPS) is 10.4. The van der Waals surface area contributed by atoms with E-state index in [1.807, 2.05) is 20.8 Å². The summed E-state index contributed by atoms with van der Waals surface area (Å²) in [6.45, 7) is 10.3.